The predicted molar refractivity (Wildman–Crippen MR) is 109 cm³/mol. The first kappa shape index (κ1) is 19.7. The Morgan fingerprint density at radius 3 is 2.96 bits per heavy atom. The van der Waals surface area contributed by atoms with E-state index >= 15 is 0 Å². The van der Waals surface area contributed by atoms with Crippen LogP contribution in [0.3, 0.4) is 0 Å². The first-order valence-corrected chi connectivity index (χ1v) is 11.0. The second-order valence-electron chi connectivity index (χ2n) is 5.41. The van der Waals surface area contributed by atoms with E-state index in [1.807, 2.05) is 30.3 Å². The molecule has 0 aliphatic carbocycles. The maximum absolute atomic E-state index is 12.0. The molecule has 2 heterocycles. The molecule has 1 saturated heterocycles. The molecule has 0 radical (unpaired) electrons. The summed E-state index contributed by atoms with van der Waals surface area (Å²) in [5.41, 5.74) is 0.972. The Balaban J connectivity index is 1.45. The van der Waals surface area contributed by atoms with Crippen molar-refractivity contribution in [2.24, 2.45) is 0 Å². The molecule has 0 atom stereocenters. The van der Waals surface area contributed by atoms with Gasteiger partial charge in [-0.15, -0.1) is 10.2 Å². The minimum Gasteiger partial charge on any atom is -0.466 e. The number of thioether (sulfide) groups is 2. The van der Waals surface area contributed by atoms with E-state index in [1.54, 1.807) is 16.7 Å². The number of esters is 1. The van der Waals surface area contributed by atoms with E-state index in [0.717, 1.165) is 27.3 Å². The number of hydrogen-bond acceptors (Lipinski definition) is 9. The Kier molecular flexibility index (Phi) is 7.13. The van der Waals surface area contributed by atoms with Gasteiger partial charge in [0.1, 0.15) is 0 Å². The van der Waals surface area contributed by atoms with E-state index in [4.69, 9.17) is 0 Å². The van der Waals surface area contributed by atoms with Gasteiger partial charge in [-0.25, -0.2) is 4.79 Å². The Bertz CT molecular complexity index is 826. The van der Waals surface area contributed by atoms with Crippen LogP contribution >= 0.6 is 34.9 Å². The molecule has 1 fully saturated rings. The average molecular weight is 423 g/mol. The van der Waals surface area contributed by atoms with E-state index < -0.39 is 5.97 Å². The quantitative estimate of drug-likeness (QED) is 0.300. The lowest BCUT2D eigenvalue weighted by molar-refractivity contribution is -0.134. The maximum Gasteiger partial charge on any atom is 0.333 e. The molecule has 0 saturated carbocycles. The highest BCUT2D eigenvalue weighted by Gasteiger charge is 2.26. The van der Waals surface area contributed by atoms with Crippen molar-refractivity contribution in [2.45, 2.75) is 10.8 Å². The molecule has 0 spiro atoms. The van der Waals surface area contributed by atoms with Crippen molar-refractivity contribution in [3.63, 3.8) is 0 Å². The average Bonchev–Trinajstić information content (AvgIpc) is 3.26. The fourth-order valence-corrected chi connectivity index (χ4v) is 5.00. The number of methoxy groups -OCH3 is 1. The topological polar surface area (TPSA) is 84.4 Å². The number of amides is 1. The zero-order chi connectivity index (χ0) is 19.1. The standard InChI is InChI=1S/C17H18N4O3S3/c1-24-15(23)10-14-21(13(22)11-26-14)8-5-9-25-17-20-19-16(27-17)18-12-6-3-2-4-7-12/h2-4,6-7,10H,5,8-9,11H2,1H3,(H,18,19)/b14-10+. The summed E-state index contributed by atoms with van der Waals surface area (Å²) >= 11 is 4.46. The third-order valence-electron chi connectivity index (χ3n) is 3.54. The molecule has 1 aromatic heterocycles. The van der Waals surface area contributed by atoms with E-state index in [9.17, 15) is 9.59 Å². The van der Waals surface area contributed by atoms with Crippen LogP contribution in [0.5, 0.6) is 0 Å². The van der Waals surface area contributed by atoms with E-state index in [1.165, 1.54) is 36.3 Å². The lowest BCUT2D eigenvalue weighted by Crippen LogP contribution is -2.26. The molecule has 0 unspecified atom stereocenters. The zero-order valence-corrected chi connectivity index (χ0v) is 17.0. The zero-order valence-electron chi connectivity index (χ0n) is 14.6. The summed E-state index contributed by atoms with van der Waals surface area (Å²) in [4.78, 5) is 25.0. The van der Waals surface area contributed by atoms with Crippen LogP contribution in [-0.4, -0.2) is 52.1 Å². The van der Waals surface area contributed by atoms with Crippen LogP contribution in [-0.2, 0) is 14.3 Å². The van der Waals surface area contributed by atoms with Crippen molar-refractivity contribution >= 4 is 57.6 Å². The van der Waals surface area contributed by atoms with Gasteiger partial charge >= 0.3 is 5.97 Å². The molecular formula is C17H18N4O3S3. The number of carbonyl (C=O) groups is 2. The van der Waals surface area contributed by atoms with Gasteiger partial charge in [-0.1, -0.05) is 53.1 Å². The molecule has 1 aliphatic heterocycles. The van der Waals surface area contributed by atoms with Gasteiger partial charge in [-0.2, -0.15) is 0 Å². The van der Waals surface area contributed by atoms with Crippen LogP contribution in [0.1, 0.15) is 6.42 Å². The summed E-state index contributed by atoms with van der Waals surface area (Å²) in [7, 11) is 1.32. The molecule has 142 valence electrons. The number of rotatable bonds is 8. The van der Waals surface area contributed by atoms with Crippen molar-refractivity contribution in [2.75, 3.05) is 30.5 Å². The largest absolute Gasteiger partial charge is 0.466 e. The van der Waals surface area contributed by atoms with Gasteiger partial charge in [0.05, 0.1) is 24.0 Å². The second-order valence-corrected chi connectivity index (χ2v) is 8.72. The molecule has 7 nitrogen and oxygen atoms in total. The summed E-state index contributed by atoms with van der Waals surface area (Å²) in [5, 5.41) is 12.9. The van der Waals surface area contributed by atoms with Gasteiger partial charge in [0.25, 0.3) is 0 Å². The number of para-hydroxylation sites is 1. The van der Waals surface area contributed by atoms with Crippen LogP contribution in [0.2, 0.25) is 0 Å². The fraction of sp³-hybridized carbons (Fsp3) is 0.294. The SMILES string of the molecule is COC(=O)/C=C1/SCC(=O)N1CCCSc1nnc(Nc2ccccc2)s1. The lowest BCUT2D eigenvalue weighted by atomic mass is 10.3. The molecule has 1 aliphatic rings. The molecule has 27 heavy (non-hydrogen) atoms. The normalized spacial score (nSPS) is 15.4. The Morgan fingerprint density at radius 2 is 2.19 bits per heavy atom. The van der Waals surface area contributed by atoms with Gasteiger partial charge < -0.3 is 15.0 Å². The third-order valence-corrected chi connectivity index (χ3v) is 6.62. The molecule has 0 bridgehead atoms. The van der Waals surface area contributed by atoms with Crippen molar-refractivity contribution in [3.8, 4) is 0 Å². The number of nitrogens with one attached hydrogen (secondary N) is 1. The van der Waals surface area contributed by atoms with Gasteiger partial charge in [0, 0.05) is 18.0 Å². The molecule has 1 N–H and O–H groups in total. The molecule has 3 rings (SSSR count). The minimum absolute atomic E-state index is 0.0189. The van der Waals surface area contributed by atoms with Gasteiger partial charge in [0.2, 0.25) is 11.0 Å². The first-order chi connectivity index (χ1) is 13.2. The van der Waals surface area contributed by atoms with Gasteiger partial charge in [-0.05, 0) is 18.6 Å². The summed E-state index contributed by atoms with van der Waals surface area (Å²) in [6.07, 6.45) is 2.16. The Labute approximate surface area is 169 Å². The van der Waals surface area contributed by atoms with Crippen molar-refractivity contribution < 1.29 is 14.3 Å². The van der Waals surface area contributed by atoms with Crippen LogP contribution in [0.15, 0.2) is 45.8 Å². The smallest absolute Gasteiger partial charge is 0.333 e. The van der Waals surface area contributed by atoms with Gasteiger partial charge in [-0.3, -0.25) is 4.79 Å². The number of anilines is 2. The number of benzene rings is 1. The molecule has 2 aromatic rings. The molecular weight excluding hydrogens is 404 g/mol. The van der Waals surface area contributed by atoms with Crippen LogP contribution in [0.4, 0.5) is 10.8 Å². The number of carbonyl (C=O) groups excluding carboxylic acids is 2. The third kappa shape index (κ3) is 5.72. The van der Waals surface area contributed by atoms with Crippen LogP contribution in [0, 0.1) is 0 Å². The lowest BCUT2D eigenvalue weighted by Gasteiger charge is -2.16. The number of hydrogen-bond donors (Lipinski definition) is 1. The number of ether oxygens (including phenoxy) is 1. The van der Waals surface area contributed by atoms with E-state index in [2.05, 4.69) is 20.3 Å². The van der Waals surface area contributed by atoms with Crippen molar-refractivity contribution in [1.29, 1.82) is 0 Å². The Morgan fingerprint density at radius 1 is 1.37 bits per heavy atom. The summed E-state index contributed by atoms with van der Waals surface area (Å²) in [6, 6.07) is 9.82. The number of aromatic nitrogens is 2. The highest BCUT2D eigenvalue weighted by molar-refractivity contribution is 8.04. The second kappa shape index (κ2) is 9.77. The summed E-state index contributed by atoms with van der Waals surface area (Å²) < 4.78 is 5.51. The fourth-order valence-electron chi connectivity index (χ4n) is 2.27. The number of nitrogens with zero attached hydrogens (tertiary/aromatic N) is 3. The predicted octanol–water partition coefficient (Wildman–Crippen LogP) is 3.35. The molecule has 10 heteroatoms. The molecule has 1 aromatic carbocycles. The summed E-state index contributed by atoms with van der Waals surface area (Å²) in [5.74, 6) is 0.741. The monoisotopic (exact) mass is 422 g/mol. The minimum atomic E-state index is -0.445. The van der Waals surface area contributed by atoms with Crippen LogP contribution < -0.4 is 5.32 Å². The summed E-state index contributed by atoms with van der Waals surface area (Å²) in [6.45, 7) is 0.565. The van der Waals surface area contributed by atoms with Gasteiger partial charge in [0.15, 0.2) is 4.34 Å². The van der Waals surface area contributed by atoms with Crippen molar-refractivity contribution in [1.82, 2.24) is 15.1 Å². The highest BCUT2D eigenvalue weighted by atomic mass is 32.2. The van der Waals surface area contributed by atoms with Crippen molar-refractivity contribution in [3.05, 3.63) is 41.4 Å². The molecule has 1 amide bonds. The van der Waals surface area contributed by atoms with E-state index in [-0.39, 0.29) is 5.91 Å². The Hall–Kier alpha value is -2.04. The first-order valence-electron chi connectivity index (χ1n) is 8.17. The maximum atomic E-state index is 12.0. The highest BCUT2D eigenvalue weighted by Crippen LogP contribution is 2.31. The van der Waals surface area contributed by atoms with E-state index in [0.29, 0.717) is 17.3 Å². The van der Waals surface area contributed by atoms with Crippen LogP contribution in [0.25, 0.3) is 0 Å².